The van der Waals surface area contributed by atoms with Crippen LogP contribution in [0.2, 0.25) is 0 Å². The van der Waals surface area contributed by atoms with E-state index in [-0.39, 0.29) is 0 Å². The lowest BCUT2D eigenvalue weighted by Crippen LogP contribution is -2.23. The molecular formula is C19H17N3O4S. The number of nitrogens with two attached hydrogens (primary N) is 1. The zero-order valence-electron chi connectivity index (χ0n) is 15.0. The number of nitrogen functional groups attached to an aromatic ring is 1. The van der Waals surface area contributed by atoms with Crippen molar-refractivity contribution in [2.75, 3.05) is 25.3 Å². The Morgan fingerprint density at radius 2 is 1.81 bits per heavy atom. The number of benzene rings is 1. The summed E-state index contributed by atoms with van der Waals surface area (Å²) in [7, 11) is 2.62. The summed E-state index contributed by atoms with van der Waals surface area (Å²) in [5.74, 6) is -1.45. The van der Waals surface area contributed by atoms with Gasteiger partial charge in [0.25, 0.3) is 0 Å². The van der Waals surface area contributed by atoms with Crippen LogP contribution in [0.5, 0.6) is 0 Å². The Labute approximate surface area is 160 Å². The highest BCUT2D eigenvalue weighted by Gasteiger charge is 2.36. The van der Waals surface area contributed by atoms with Crippen LogP contribution in [0.1, 0.15) is 39.2 Å². The fourth-order valence-electron chi connectivity index (χ4n) is 3.16. The second-order valence-corrected chi connectivity index (χ2v) is 6.92. The van der Waals surface area contributed by atoms with Crippen molar-refractivity contribution in [2.45, 2.75) is 12.8 Å². The van der Waals surface area contributed by atoms with Gasteiger partial charge in [-0.1, -0.05) is 12.1 Å². The maximum Gasteiger partial charge on any atom is 0.337 e. The molecule has 1 unspecified atom stereocenters. The smallest absolute Gasteiger partial charge is 0.337 e. The molecule has 1 atom stereocenters. The Kier molecular flexibility index (Phi) is 4.88. The summed E-state index contributed by atoms with van der Waals surface area (Å²) in [4.78, 5) is 24.6. The first kappa shape index (κ1) is 18.5. The van der Waals surface area contributed by atoms with Crippen LogP contribution in [0, 0.1) is 11.3 Å². The van der Waals surface area contributed by atoms with Gasteiger partial charge in [0.15, 0.2) is 0 Å². The molecule has 1 aliphatic heterocycles. The number of esters is 2. The first-order valence-corrected chi connectivity index (χ1v) is 8.81. The highest BCUT2D eigenvalue weighted by atomic mass is 32.1. The van der Waals surface area contributed by atoms with Crippen LogP contribution in [0.25, 0.3) is 0 Å². The number of carbonyl (C=O) groups excluding carboxylic acids is 2. The summed E-state index contributed by atoms with van der Waals surface area (Å²) in [6, 6.07) is 8.82. The van der Waals surface area contributed by atoms with Gasteiger partial charge in [0.1, 0.15) is 15.9 Å². The number of nitrogens with one attached hydrogen (secondary N) is 1. The third-order valence-electron chi connectivity index (χ3n) is 4.44. The summed E-state index contributed by atoms with van der Waals surface area (Å²) in [6.45, 7) is 1.77. The highest BCUT2D eigenvalue weighted by Crippen LogP contribution is 2.49. The number of hydrogen-bond donors (Lipinski definition) is 2. The van der Waals surface area contributed by atoms with Crippen LogP contribution < -0.4 is 11.1 Å². The first-order chi connectivity index (χ1) is 12.9. The van der Waals surface area contributed by atoms with Gasteiger partial charge in [-0.2, -0.15) is 5.26 Å². The third-order valence-corrected chi connectivity index (χ3v) is 5.48. The number of thiophene rings is 1. The summed E-state index contributed by atoms with van der Waals surface area (Å²) in [5, 5.41) is 13.2. The fourth-order valence-corrected chi connectivity index (χ4v) is 4.17. The van der Waals surface area contributed by atoms with Crippen molar-refractivity contribution in [3.05, 3.63) is 57.1 Å². The molecule has 3 N–H and O–H groups in total. The van der Waals surface area contributed by atoms with Gasteiger partial charge in [-0.3, -0.25) is 0 Å². The van der Waals surface area contributed by atoms with Gasteiger partial charge in [0.2, 0.25) is 0 Å². The number of ether oxygens (including phenoxy) is 2. The molecule has 0 radical (unpaired) electrons. The molecule has 2 heterocycles. The van der Waals surface area contributed by atoms with E-state index in [1.807, 2.05) is 0 Å². The Morgan fingerprint density at radius 1 is 1.19 bits per heavy atom. The van der Waals surface area contributed by atoms with Crippen molar-refractivity contribution < 1.29 is 19.1 Å². The lowest BCUT2D eigenvalue weighted by molar-refractivity contribution is -0.136. The number of fused-ring (bicyclic) bond motifs is 1. The molecular weight excluding hydrogens is 366 g/mol. The molecule has 1 aromatic heterocycles. The van der Waals surface area contributed by atoms with Gasteiger partial charge < -0.3 is 20.5 Å². The van der Waals surface area contributed by atoms with Crippen molar-refractivity contribution in [3.8, 4) is 6.07 Å². The normalized spacial score (nSPS) is 15.4. The number of anilines is 2. The molecule has 0 bridgehead atoms. The van der Waals surface area contributed by atoms with Crippen LogP contribution >= 0.6 is 11.3 Å². The predicted molar refractivity (Wildman–Crippen MR) is 101 cm³/mol. The Bertz CT molecular complexity index is 999. The van der Waals surface area contributed by atoms with E-state index < -0.39 is 17.9 Å². The number of hydrogen-bond acceptors (Lipinski definition) is 8. The molecule has 1 aromatic carbocycles. The van der Waals surface area contributed by atoms with E-state index in [4.69, 9.17) is 15.2 Å². The molecule has 0 spiro atoms. The van der Waals surface area contributed by atoms with Gasteiger partial charge in [-0.05, 0) is 24.6 Å². The Hall–Kier alpha value is -3.31. The number of methoxy groups -OCH3 is 2. The number of carbonyl (C=O) groups is 2. The lowest BCUT2D eigenvalue weighted by Gasteiger charge is -2.28. The van der Waals surface area contributed by atoms with Crippen molar-refractivity contribution in [1.82, 2.24) is 0 Å². The minimum Gasteiger partial charge on any atom is -0.466 e. The minimum absolute atomic E-state index is 0.334. The third kappa shape index (κ3) is 3.02. The fraction of sp³-hybridized carbons (Fsp3) is 0.211. The van der Waals surface area contributed by atoms with Gasteiger partial charge in [-0.25, -0.2) is 9.59 Å². The van der Waals surface area contributed by atoms with E-state index in [9.17, 15) is 14.9 Å². The molecule has 0 amide bonds. The second-order valence-electron chi connectivity index (χ2n) is 5.90. The molecule has 8 heteroatoms. The summed E-state index contributed by atoms with van der Waals surface area (Å²) >= 11 is 1.24. The average Bonchev–Trinajstić information content (AvgIpc) is 3.01. The van der Waals surface area contributed by atoms with Gasteiger partial charge in [0, 0.05) is 17.2 Å². The van der Waals surface area contributed by atoms with Gasteiger partial charge in [0.05, 0.1) is 31.0 Å². The van der Waals surface area contributed by atoms with Crippen molar-refractivity contribution in [3.63, 3.8) is 0 Å². The SMILES string of the molecule is COC(=O)C1=C(C)Nc2sc(C#N)c(N)c2C1c1ccc(C(=O)OC)cc1. The van der Waals surface area contributed by atoms with Crippen LogP contribution in [0.4, 0.5) is 10.7 Å². The molecule has 3 rings (SSSR count). The number of rotatable bonds is 3. The van der Waals surface area contributed by atoms with E-state index in [0.29, 0.717) is 33.0 Å². The minimum atomic E-state index is -0.515. The molecule has 0 saturated carbocycles. The van der Waals surface area contributed by atoms with Crippen LogP contribution in [0.15, 0.2) is 35.5 Å². The molecule has 0 aliphatic carbocycles. The van der Waals surface area contributed by atoms with E-state index in [1.54, 1.807) is 31.2 Å². The Morgan fingerprint density at radius 3 is 2.37 bits per heavy atom. The predicted octanol–water partition coefficient (Wildman–Crippen LogP) is 2.99. The zero-order valence-corrected chi connectivity index (χ0v) is 15.8. The van der Waals surface area contributed by atoms with E-state index in [1.165, 1.54) is 25.6 Å². The summed E-state index contributed by atoms with van der Waals surface area (Å²) in [6.07, 6.45) is 0. The number of allylic oxidation sites excluding steroid dienone is 1. The number of nitriles is 1. The molecule has 1 aliphatic rings. The molecule has 2 aromatic rings. The standard InChI is InChI=1S/C19H17N3O4S/c1-9-13(19(24)26-3)14(10-4-6-11(7-5-10)18(23)25-2)15-16(21)12(8-20)27-17(15)22-9/h4-7,14,22H,21H2,1-3H3. The van der Waals surface area contributed by atoms with E-state index in [2.05, 4.69) is 11.4 Å². The maximum absolute atomic E-state index is 12.5. The van der Waals surface area contributed by atoms with Crippen LogP contribution in [-0.4, -0.2) is 26.2 Å². The van der Waals surface area contributed by atoms with Crippen molar-refractivity contribution in [2.24, 2.45) is 0 Å². The lowest BCUT2D eigenvalue weighted by atomic mass is 9.81. The average molecular weight is 383 g/mol. The first-order valence-electron chi connectivity index (χ1n) is 7.99. The highest BCUT2D eigenvalue weighted by molar-refractivity contribution is 7.17. The maximum atomic E-state index is 12.5. The summed E-state index contributed by atoms with van der Waals surface area (Å²) < 4.78 is 9.69. The second kappa shape index (κ2) is 7.13. The van der Waals surface area contributed by atoms with Crippen LogP contribution in [0.3, 0.4) is 0 Å². The van der Waals surface area contributed by atoms with Crippen molar-refractivity contribution >= 4 is 34.0 Å². The molecule has 0 saturated heterocycles. The largest absolute Gasteiger partial charge is 0.466 e. The van der Waals surface area contributed by atoms with E-state index in [0.717, 1.165) is 10.6 Å². The molecule has 7 nitrogen and oxygen atoms in total. The molecule has 0 fully saturated rings. The topological polar surface area (TPSA) is 114 Å². The van der Waals surface area contributed by atoms with Gasteiger partial charge >= 0.3 is 11.9 Å². The molecule has 27 heavy (non-hydrogen) atoms. The quantitative estimate of drug-likeness (QED) is 0.783. The van der Waals surface area contributed by atoms with E-state index >= 15 is 0 Å². The number of nitrogens with zero attached hydrogens (tertiary/aromatic N) is 1. The zero-order chi connectivity index (χ0) is 19.7. The van der Waals surface area contributed by atoms with Crippen LogP contribution in [-0.2, 0) is 14.3 Å². The Balaban J connectivity index is 2.20. The monoisotopic (exact) mass is 383 g/mol. The summed E-state index contributed by atoms with van der Waals surface area (Å²) in [5.41, 5.74) is 9.38. The van der Waals surface area contributed by atoms with Gasteiger partial charge in [-0.15, -0.1) is 11.3 Å². The van der Waals surface area contributed by atoms with Crippen molar-refractivity contribution in [1.29, 1.82) is 5.26 Å². The molecule has 138 valence electrons.